The van der Waals surface area contributed by atoms with E-state index in [2.05, 4.69) is 28.8 Å². The third-order valence-electron chi connectivity index (χ3n) is 5.10. The Morgan fingerprint density at radius 3 is 2.26 bits per heavy atom. The monoisotopic (exact) mass is 431 g/mol. The molecule has 0 fully saturated rings. The largest absolute Gasteiger partial charge is 0.323 e. The minimum Gasteiger partial charge on any atom is -0.308 e. The molecule has 0 aromatic heterocycles. The number of hydrogen-bond acceptors (Lipinski definition) is 3. The fourth-order valence-corrected chi connectivity index (χ4v) is 4.59. The number of amides is 3. The maximum absolute atomic E-state index is 12.7. The normalized spacial score (nSPS) is 13.0. The molecule has 3 amide bonds. The summed E-state index contributed by atoms with van der Waals surface area (Å²) in [6.45, 7) is 6.54. The first-order valence-electron chi connectivity index (χ1n) is 10.2. The van der Waals surface area contributed by atoms with E-state index < -0.39 is 0 Å². The molecule has 0 spiro atoms. The Labute approximate surface area is 186 Å². The van der Waals surface area contributed by atoms with E-state index in [1.54, 1.807) is 4.90 Å². The van der Waals surface area contributed by atoms with Crippen molar-refractivity contribution in [3.63, 3.8) is 0 Å². The predicted octanol–water partition coefficient (Wildman–Crippen LogP) is 5.89. The summed E-state index contributed by atoms with van der Waals surface area (Å²) in [5.41, 5.74) is 6.65. The van der Waals surface area contributed by atoms with Crippen molar-refractivity contribution in [2.45, 2.75) is 32.2 Å². The Bertz CT molecular complexity index is 1120. The van der Waals surface area contributed by atoms with Crippen molar-refractivity contribution < 1.29 is 9.59 Å². The zero-order valence-electron chi connectivity index (χ0n) is 17.9. The number of carbonyl (C=O) groups excluding carboxylic acids is 2. The summed E-state index contributed by atoms with van der Waals surface area (Å²) in [5, 5.41) is 5.77. The smallest absolute Gasteiger partial charge is 0.308 e. The molecule has 2 N–H and O–H groups in total. The number of nitrogens with one attached hydrogen (secondary N) is 2. The number of rotatable bonds is 4. The van der Waals surface area contributed by atoms with E-state index in [-0.39, 0.29) is 11.9 Å². The van der Waals surface area contributed by atoms with Gasteiger partial charge in [-0.15, -0.1) is 11.8 Å². The number of hydrogen-bond donors (Lipinski definition) is 2. The molecule has 3 aromatic rings. The third-order valence-corrected chi connectivity index (χ3v) is 6.15. The number of nitrogens with zero attached hydrogens (tertiary/aromatic N) is 1. The Morgan fingerprint density at radius 1 is 0.871 bits per heavy atom. The highest BCUT2D eigenvalue weighted by molar-refractivity contribution is 8.00. The van der Waals surface area contributed by atoms with Crippen molar-refractivity contribution in [3.8, 4) is 0 Å². The molecule has 1 heterocycles. The van der Waals surface area contributed by atoms with Gasteiger partial charge in [-0.3, -0.25) is 4.79 Å². The van der Waals surface area contributed by atoms with E-state index in [1.807, 2.05) is 63.2 Å². The van der Waals surface area contributed by atoms with Crippen LogP contribution < -0.4 is 15.5 Å². The summed E-state index contributed by atoms with van der Waals surface area (Å²) in [4.78, 5) is 28.0. The summed E-state index contributed by atoms with van der Waals surface area (Å²) in [6.07, 6.45) is 0. The molecule has 158 valence electrons. The predicted molar refractivity (Wildman–Crippen MR) is 128 cm³/mol. The van der Waals surface area contributed by atoms with Gasteiger partial charge in [0.25, 0.3) is 0 Å². The second-order valence-corrected chi connectivity index (χ2v) is 8.91. The van der Waals surface area contributed by atoms with Crippen molar-refractivity contribution in [2.75, 3.05) is 21.3 Å². The topological polar surface area (TPSA) is 61.4 Å². The molecule has 0 saturated carbocycles. The van der Waals surface area contributed by atoms with Crippen LogP contribution >= 0.6 is 11.8 Å². The second-order valence-electron chi connectivity index (χ2n) is 7.89. The Morgan fingerprint density at radius 2 is 1.55 bits per heavy atom. The van der Waals surface area contributed by atoms with E-state index in [0.29, 0.717) is 18.0 Å². The molecule has 0 bridgehead atoms. The van der Waals surface area contributed by atoms with E-state index in [9.17, 15) is 9.59 Å². The summed E-state index contributed by atoms with van der Waals surface area (Å²) >= 11 is 1.53. The van der Waals surface area contributed by atoms with Crippen LogP contribution in [-0.4, -0.2) is 17.7 Å². The standard InChI is InChI=1S/C25H25N3O2S/c1-16-4-6-19(7-5-16)14-28-22-13-20(8-9-23(22)31-15-24(28)29)26-25(30)27-21-11-17(2)10-18(3)12-21/h4-13H,14-15H2,1-3H3,(H2,26,27,30). The van der Waals surface area contributed by atoms with Gasteiger partial charge >= 0.3 is 6.03 Å². The van der Waals surface area contributed by atoms with Gasteiger partial charge in [0, 0.05) is 16.3 Å². The zero-order valence-corrected chi connectivity index (χ0v) is 18.7. The van der Waals surface area contributed by atoms with Crippen LogP contribution in [0.4, 0.5) is 21.9 Å². The van der Waals surface area contributed by atoms with Gasteiger partial charge in [0.2, 0.25) is 5.91 Å². The summed E-state index contributed by atoms with van der Waals surface area (Å²) in [7, 11) is 0. The molecule has 31 heavy (non-hydrogen) atoms. The first-order chi connectivity index (χ1) is 14.9. The molecule has 0 atom stereocenters. The lowest BCUT2D eigenvalue weighted by atomic mass is 10.1. The summed E-state index contributed by atoms with van der Waals surface area (Å²) in [5.74, 6) is 0.480. The van der Waals surface area contributed by atoms with Crippen molar-refractivity contribution in [3.05, 3.63) is 82.9 Å². The number of carbonyl (C=O) groups is 2. The van der Waals surface area contributed by atoms with Crippen molar-refractivity contribution in [1.29, 1.82) is 0 Å². The first-order valence-corrected chi connectivity index (χ1v) is 11.1. The second kappa shape index (κ2) is 8.86. The van der Waals surface area contributed by atoms with Gasteiger partial charge in [-0.1, -0.05) is 35.9 Å². The lowest BCUT2D eigenvalue weighted by molar-refractivity contribution is -0.116. The fraction of sp³-hybridized carbons (Fsp3) is 0.200. The van der Waals surface area contributed by atoms with E-state index >= 15 is 0 Å². The quantitative estimate of drug-likeness (QED) is 0.541. The number of benzene rings is 3. The average molecular weight is 432 g/mol. The highest BCUT2D eigenvalue weighted by Gasteiger charge is 2.25. The SMILES string of the molecule is Cc1ccc(CN2C(=O)CSc3ccc(NC(=O)Nc4cc(C)cc(C)c4)cc32)cc1. The van der Waals surface area contributed by atoms with Crippen LogP contribution in [0.2, 0.25) is 0 Å². The van der Waals surface area contributed by atoms with Gasteiger partial charge in [0.15, 0.2) is 0 Å². The lowest BCUT2D eigenvalue weighted by Crippen LogP contribution is -2.34. The van der Waals surface area contributed by atoms with Crippen LogP contribution in [0.3, 0.4) is 0 Å². The van der Waals surface area contributed by atoms with E-state index in [1.165, 1.54) is 17.3 Å². The van der Waals surface area contributed by atoms with Gasteiger partial charge in [0.1, 0.15) is 0 Å². The minimum absolute atomic E-state index is 0.0647. The van der Waals surface area contributed by atoms with E-state index in [4.69, 9.17) is 0 Å². The molecule has 0 saturated heterocycles. The number of fused-ring (bicyclic) bond motifs is 1. The fourth-order valence-electron chi connectivity index (χ4n) is 3.67. The molecule has 0 unspecified atom stereocenters. The molecule has 1 aliphatic heterocycles. The molecule has 6 heteroatoms. The highest BCUT2D eigenvalue weighted by Crippen LogP contribution is 2.38. The van der Waals surface area contributed by atoms with Crippen LogP contribution in [0, 0.1) is 20.8 Å². The molecule has 0 aliphatic carbocycles. The number of anilines is 3. The van der Waals surface area contributed by atoms with Gasteiger partial charge in [-0.2, -0.15) is 0 Å². The van der Waals surface area contributed by atoms with Gasteiger partial charge in [-0.05, 0) is 67.8 Å². The number of thioether (sulfide) groups is 1. The molecule has 0 radical (unpaired) electrons. The van der Waals surface area contributed by atoms with Gasteiger partial charge < -0.3 is 15.5 Å². The molecular formula is C25H25N3O2S. The molecule has 3 aromatic carbocycles. The van der Waals surface area contributed by atoms with Crippen molar-refractivity contribution in [1.82, 2.24) is 0 Å². The van der Waals surface area contributed by atoms with Gasteiger partial charge in [0.05, 0.1) is 18.0 Å². The maximum Gasteiger partial charge on any atom is 0.323 e. The summed E-state index contributed by atoms with van der Waals surface area (Å²) < 4.78 is 0. The molecular weight excluding hydrogens is 406 g/mol. The van der Waals surface area contributed by atoms with Crippen LogP contribution in [0.5, 0.6) is 0 Å². The van der Waals surface area contributed by atoms with Crippen LogP contribution in [0.15, 0.2) is 65.6 Å². The minimum atomic E-state index is -0.315. The lowest BCUT2D eigenvalue weighted by Gasteiger charge is -2.29. The van der Waals surface area contributed by atoms with Crippen molar-refractivity contribution in [2.24, 2.45) is 0 Å². The zero-order chi connectivity index (χ0) is 22.0. The maximum atomic E-state index is 12.7. The van der Waals surface area contributed by atoms with Crippen molar-refractivity contribution >= 4 is 40.8 Å². The Hall–Kier alpha value is -3.25. The Balaban J connectivity index is 1.53. The number of urea groups is 1. The Kier molecular flexibility index (Phi) is 6.00. The third kappa shape index (κ3) is 5.09. The molecule has 4 rings (SSSR count). The van der Waals surface area contributed by atoms with Crippen LogP contribution in [-0.2, 0) is 11.3 Å². The average Bonchev–Trinajstić information content (AvgIpc) is 2.71. The highest BCUT2D eigenvalue weighted by atomic mass is 32.2. The van der Waals surface area contributed by atoms with Crippen LogP contribution in [0.25, 0.3) is 0 Å². The van der Waals surface area contributed by atoms with Crippen LogP contribution in [0.1, 0.15) is 22.3 Å². The van der Waals surface area contributed by atoms with E-state index in [0.717, 1.165) is 33.0 Å². The first kappa shape index (κ1) is 21.0. The van der Waals surface area contributed by atoms with Gasteiger partial charge in [-0.25, -0.2) is 4.79 Å². The summed E-state index contributed by atoms with van der Waals surface area (Å²) in [6, 6.07) is 19.5. The molecule has 1 aliphatic rings. The molecule has 5 nitrogen and oxygen atoms in total. The number of aryl methyl sites for hydroxylation is 3.